The summed E-state index contributed by atoms with van der Waals surface area (Å²) in [5, 5.41) is 21.5. The third-order valence-corrected chi connectivity index (χ3v) is 5.30. The van der Waals surface area contributed by atoms with Gasteiger partial charge in [-0.05, 0) is 68.2 Å². The summed E-state index contributed by atoms with van der Waals surface area (Å²) in [7, 11) is -1.39. The predicted molar refractivity (Wildman–Crippen MR) is 77.1 cm³/mol. The van der Waals surface area contributed by atoms with E-state index < -0.39 is 7.12 Å². The number of rotatable bonds is 1. The van der Waals surface area contributed by atoms with Crippen LogP contribution in [0.3, 0.4) is 0 Å². The first kappa shape index (κ1) is 11.1. The normalized spacial score (nSPS) is 10.9. The van der Waals surface area contributed by atoms with E-state index in [0.717, 1.165) is 12.5 Å². The summed E-state index contributed by atoms with van der Waals surface area (Å²) < 4.78 is 3.20. The quantitative estimate of drug-likeness (QED) is 0.536. The zero-order chi connectivity index (χ0) is 10.3. The van der Waals surface area contributed by atoms with E-state index in [4.69, 9.17) is 0 Å². The zero-order valence-corrected chi connectivity index (χ0v) is 12.0. The lowest BCUT2D eigenvalue weighted by molar-refractivity contribution is 0.425. The highest BCUT2D eigenvalue weighted by molar-refractivity contribution is 14.1. The Morgan fingerprint density at radius 1 is 1.29 bits per heavy atom. The Bertz CT molecular complexity index is 483. The van der Waals surface area contributed by atoms with Gasteiger partial charge in [-0.3, -0.25) is 0 Å². The zero-order valence-electron chi connectivity index (χ0n) is 6.87. The topological polar surface area (TPSA) is 40.5 Å². The van der Waals surface area contributed by atoms with Crippen molar-refractivity contribution in [1.82, 2.24) is 0 Å². The van der Waals surface area contributed by atoms with Gasteiger partial charge < -0.3 is 10.0 Å². The lowest BCUT2D eigenvalue weighted by Crippen LogP contribution is -2.32. The van der Waals surface area contributed by atoms with Gasteiger partial charge in [0.15, 0.2) is 0 Å². The van der Waals surface area contributed by atoms with E-state index in [1.54, 1.807) is 11.3 Å². The van der Waals surface area contributed by atoms with Crippen LogP contribution in [0.15, 0.2) is 17.5 Å². The van der Waals surface area contributed by atoms with Crippen LogP contribution >= 0.6 is 56.5 Å². The fraction of sp³-hybridized carbons (Fsp3) is 0. The van der Waals surface area contributed by atoms with Crippen LogP contribution in [0, 0.1) is 7.14 Å². The minimum absolute atomic E-state index is 0.584. The number of halogens is 2. The van der Waals surface area contributed by atoms with Gasteiger partial charge in [-0.1, -0.05) is 0 Å². The lowest BCUT2D eigenvalue weighted by atomic mass is 9.80. The van der Waals surface area contributed by atoms with E-state index >= 15 is 0 Å². The molecule has 0 unspecified atom stereocenters. The number of benzene rings is 1. The maximum Gasteiger partial charge on any atom is 0.489 e. The number of hydrogen-bond acceptors (Lipinski definition) is 3. The Morgan fingerprint density at radius 3 is 2.64 bits per heavy atom. The molecule has 2 N–H and O–H groups in total. The first-order valence-corrected chi connectivity index (χ1v) is 6.86. The Hall–Kier alpha value is 0.625. The molecule has 1 aromatic heterocycles. The van der Waals surface area contributed by atoms with Crippen LogP contribution in [0.2, 0.25) is 0 Å². The molecule has 72 valence electrons. The van der Waals surface area contributed by atoms with Crippen LogP contribution in [0.4, 0.5) is 0 Å². The van der Waals surface area contributed by atoms with Gasteiger partial charge in [0.25, 0.3) is 0 Å². The maximum absolute atomic E-state index is 9.18. The average molecular weight is 430 g/mol. The van der Waals surface area contributed by atoms with Crippen molar-refractivity contribution in [2.45, 2.75) is 0 Å². The van der Waals surface area contributed by atoms with Crippen molar-refractivity contribution in [2.24, 2.45) is 0 Å². The van der Waals surface area contributed by atoms with Crippen LogP contribution in [-0.4, -0.2) is 17.2 Å². The lowest BCUT2D eigenvalue weighted by Gasteiger charge is -2.05. The second kappa shape index (κ2) is 4.24. The minimum Gasteiger partial charge on any atom is -0.423 e. The summed E-state index contributed by atoms with van der Waals surface area (Å²) >= 11 is 6.04. The maximum atomic E-state index is 9.18. The van der Waals surface area contributed by atoms with Gasteiger partial charge in [-0.2, -0.15) is 0 Å². The molecule has 0 aliphatic carbocycles. The van der Waals surface area contributed by atoms with Gasteiger partial charge in [0.05, 0.1) is 0 Å². The van der Waals surface area contributed by atoms with E-state index in [1.165, 1.54) is 4.70 Å². The molecule has 0 spiro atoms. The monoisotopic (exact) mass is 430 g/mol. The van der Waals surface area contributed by atoms with Crippen molar-refractivity contribution in [3.05, 3.63) is 24.7 Å². The molecular weight excluding hydrogens is 425 g/mol. The molecule has 14 heavy (non-hydrogen) atoms. The van der Waals surface area contributed by atoms with Gasteiger partial charge in [-0.25, -0.2) is 0 Å². The molecule has 0 fully saturated rings. The molecule has 1 heterocycles. The van der Waals surface area contributed by atoms with E-state index in [1.807, 2.05) is 17.5 Å². The molecule has 6 heteroatoms. The van der Waals surface area contributed by atoms with Crippen molar-refractivity contribution in [2.75, 3.05) is 0 Å². The summed E-state index contributed by atoms with van der Waals surface area (Å²) in [6.07, 6.45) is 0. The molecule has 0 atom stereocenters. The summed E-state index contributed by atoms with van der Waals surface area (Å²) in [5.74, 6) is 0. The standard InChI is InChI=1S/C8H5BI2O2S/c10-6-3-5(9(12)13)7(11)4-1-2-14-8(4)6/h1-3,12-13H. The van der Waals surface area contributed by atoms with E-state index in [9.17, 15) is 10.0 Å². The highest BCUT2D eigenvalue weighted by Gasteiger charge is 2.18. The third kappa shape index (κ3) is 1.82. The Kier molecular flexibility index (Phi) is 3.37. The molecule has 0 saturated carbocycles. The van der Waals surface area contributed by atoms with Gasteiger partial charge >= 0.3 is 7.12 Å². The molecule has 0 aliphatic heterocycles. The van der Waals surface area contributed by atoms with Crippen LogP contribution in [0.25, 0.3) is 10.1 Å². The summed E-state index contributed by atoms with van der Waals surface area (Å²) in [5.41, 5.74) is 0.584. The van der Waals surface area contributed by atoms with E-state index in [0.29, 0.717) is 5.46 Å². The SMILES string of the molecule is OB(O)c1cc(I)c2sccc2c1I. The van der Waals surface area contributed by atoms with Crippen LogP contribution in [-0.2, 0) is 0 Å². The summed E-state index contributed by atoms with van der Waals surface area (Å²) in [6, 6.07) is 3.83. The summed E-state index contributed by atoms with van der Waals surface area (Å²) in [6.45, 7) is 0. The smallest absolute Gasteiger partial charge is 0.423 e. The van der Waals surface area contributed by atoms with Gasteiger partial charge in [0.1, 0.15) is 0 Å². The van der Waals surface area contributed by atoms with Crippen LogP contribution < -0.4 is 5.46 Å². The highest BCUT2D eigenvalue weighted by Crippen LogP contribution is 2.28. The molecule has 0 amide bonds. The van der Waals surface area contributed by atoms with Gasteiger partial charge in [-0.15, -0.1) is 11.3 Å². The molecule has 2 aromatic rings. The number of fused-ring (bicyclic) bond motifs is 1. The molecule has 2 nitrogen and oxygen atoms in total. The minimum atomic E-state index is -1.39. The number of thiophene rings is 1. The molecule has 2 rings (SSSR count). The molecule has 0 aliphatic rings. The molecule has 0 bridgehead atoms. The van der Waals surface area contributed by atoms with Crippen molar-refractivity contribution in [1.29, 1.82) is 0 Å². The van der Waals surface area contributed by atoms with Gasteiger partial charge in [0.2, 0.25) is 0 Å². The summed E-state index contributed by atoms with van der Waals surface area (Å²) in [4.78, 5) is 0. The largest absolute Gasteiger partial charge is 0.489 e. The Morgan fingerprint density at radius 2 is 2.00 bits per heavy atom. The van der Waals surface area contributed by atoms with E-state index in [2.05, 4.69) is 45.2 Å². The van der Waals surface area contributed by atoms with Crippen molar-refractivity contribution < 1.29 is 10.0 Å². The Labute approximate surface area is 113 Å². The van der Waals surface area contributed by atoms with Gasteiger partial charge in [0, 0.05) is 17.2 Å². The predicted octanol–water partition coefficient (Wildman–Crippen LogP) is 1.79. The highest BCUT2D eigenvalue weighted by atomic mass is 127. The molecular formula is C8H5BI2O2S. The van der Waals surface area contributed by atoms with E-state index in [-0.39, 0.29) is 0 Å². The fourth-order valence-corrected chi connectivity index (χ4v) is 4.16. The first-order valence-electron chi connectivity index (χ1n) is 3.82. The average Bonchev–Trinajstić information content (AvgIpc) is 2.59. The Balaban J connectivity index is 2.82. The molecule has 1 aromatic carbocycles. The first-order chi connectivity index (χ1) is 6.61. The van der Waals surface area contributed by atoms with Crippen molar-refractivity contribution in [3.63, 3.8) is 0 Å². The molecule has 0 saturated heterocycles. The second-order valence-electron chi connectivity index (χ2n) is 2.80. The van der Waals surface area contributed by atoms with Crippen LogP contribution in [0.5, 0.6) is 0 Å². The van der Waals surface area contributed by atoms with Crippen LogP contribution in [0.1, 0.15) is 0 Å². The van der Waals surface area contributed by atoms with Crippen molar-refractivity contribution >= 4 is 79.2 Å². The fourth-order valence-electron chi connectivity index (χ4n) is 1.28. The molecule has 0 radical (unpaired) electrons. The van der Waals surface area contributed by atoms with Crippen molar-refractivity contribution in [3.8, 4) is 0 Å². The third-order valence-electron chi connectivity index (χ3n) is 1.93. The second-order valence-corrected chi connectivity index (χ2v) is 5.96. The number of hydrogen-bond donors (Lipinski definition) is 2.